The highest BCUT2D eigenvalue weighted by Gasteiger charge is 2.31. The van der Waals surface area contributed by atoms with E-state index in [4.69, 9.17) is 4.74 Å². The number of aliphatic hydroxyl groups is 1. The van der Waals surface area contributed by atoms with Gasteiger partial charge in [-0.2, -0.15) is 5.10 Å². The zero-order valence-electron chi connectivity index (χ0n) is 25.5. The number of aliphatic hydroxyl groups excluding tert-OH is 1. The van der Waals surface area contributed by atoms with Crippen molar-refractivity contribution in [2.75, 3.05) is 25.5 Å². The molecule has 1 aliphatic heterocycles. The van der Waals surface area contributed by atoms with Crippen LogP contribution >= 0.6 is 0 Å². The number of anilines is 1. The van der Waals surface area contributed by atoms with Crippen molar-refractivity contribution in [3.8, 4) is 5.75 Å². The molecule has 11 nitrogen and oxygen atoms in total. The highest BCUT2D eigenvalue weighted by Crippen LogP contribution is 2.39. The first kappa shape index (κ1) is 29.1. The van der Waals surface area contributed by atoms with E-state index in [1.807, 2.05) is 36.5 Å². The quantitative estimate of drug-likeness (QED) is 0.274. The highest BCUT2D eigenvalue weighted by atomic mass is 16.5. The van der Waals surface area contributed by atoms with Crippen molar-refractivity contribution in [2.24, 2.45) is 0 Å². The zero-order chi connectivity index (χ0) is 30.1. The zero-order valence-corrected chi connectivity index (χ0v) is 25.5. The molecule has 2 aliphatic rings. The lowest BCUT2D eigenvalue weighted by atomic mass is 9.85. The predicted octanol–water partition coefficient (Wildman–Crippen LogP) is 5.15. The van der Waals surface area contributed by atoms with E-state index in [9.17, 15) is 9.90 Å². The minimum absolute atomic E-state index is 0.0673. The Bertz CT molecular complexity index is 1590. The summed E-state index contributed by atoms with van der Waals surface area (Å²) in [4.78, 5) is 15.5. The molecular formula is C32H42N8O3. The summed E-state index contributed by atoms with van der Waals surface area (Å²) in [6.45, 7) is 7.50. The molecule has 3 aromatic heterocycles. The summed E-state index contributed by atoms with van der Waals surface area (Å²) in [7, 11) is 2.15. The second-order valence-electron chi connectivity index (χ2n) is 12.7. The number of nitrogens with one attached hydrogen (secondary N) is 2. The van der Waals surface area contributed by atoms with Gasteiger partial charge in [0.1, 0.15) is 17.7 Å². The minimum atomic E-state index is -0.308. The molecule has 0 bridgehead atoms. The Morgan fingerprint density at radius 2 is 1.88 bits per heavy atom. The molecule has 1 aliphatic carbocycles. The summed E-state index contributed by atoms with van der Waals surface area (Å²) in [6, 6.07) is 13.7. The van der Waals surface area contributed by atoms with Gasteiger partial charge in [0, 0.05) is 11.5 Å². The van der Waals surface area contributed by atoms with E-state index < -0.39 is 0 Å². The van der Waals surface area contributed by atoms with Crippen molar-refractivity contribution in [1.29, 1.82) is 0 Å². The third kappa shape index (κ3) is 6.09. The summed E-state index contributed by atoms with van der Waals surface area (Å²) < 4.78 is 10.3. The van der Waals surface area contributed by atoms with Crippen LogP contribution in [0.15, 0.2) is 48.7 Å². The van der Waals surface area contributed by atoms with Gasteiger partial charge in [-0.25, -0.2) is 9.48 Å². The molecule has 0 spiro atoms. The summed E-state index contributed by atoms with van der Waals surface area (Å²) in [5.41, 5.74) is 3.59. The summed E-state index contributed by atoms with van der Waals surface area (Å²) in [5, 5.41) is 29.2. The van der Waals surface area contributed by atoms with Gasteiger partial charge in [0.05, 0.1) is 37.1 Å². The Kier molecular flexibility index (Phi) is 8.11. The maximum Gasteiger partial charge on any atom is 0.320 e. The largest absolute Gasteiger partial charge is 0.484 e. The van der Waals surface area contributed by atoms with E-state index in [0.29, 0.717) is 12.4 Å². The number of amides is 2. The SMILES string of the molecule is CN1CCCCC1c1nnc2ccc(O[C@@H]3CC[C@H](NC(=O)Nc4cc(C(C)(C)C)nn4CCO)c4ccccc43)cn12. The maximum absolute atomic E-state index is 13.2. The molecule has 2 amide bonds. The van der Waals surface area contributed by atoms with Gasteiger partial charge in [-0.3, -0.25) is 14.6 Å². The molecule has 3 atom stereocenters. The number of rotatable bonds is 7. The molecule has 1 fully saturated rings. The van der Waals surface area contributed by atoms with Crippen molar-refractivity contribution >= 4 is 17.5 Å². The second kappa shape index (κ2) is 12.0. The van der Waals surface area contributed by atoms with Gasteiger partial charge in [0.15, 0.2) is 11.5 Å². The fourth-order valence-electron chi connectivity index (χ4n) is 6.23. The van der Waals surface area contributed by atoms with Crippen LogP contribution in [0.3, 0.4) is 0 Å². The van der Waals surface area contributed by atoms with Gasteiger partial charge in [-0.15, -0.1) is 10.2 Å². The molecule has 3 N–H and O–H groups in total. The fraction of sp³-hybridized carbons (Fsp3) is 0.500. The topological polar surface area (TPSA) is 122 Å². The first-order valence-electron chi connectivity index (χ1n) is 15.3. The second-order valence-corrected chi connectivity index (χ2v) is 12.7. The Balaban J connectivity index is 1.18. The molecule has 0 radical (unpaired) electrons. The summed E-state index contributed by atoms with van der Waals surface area (Å²) in [6.07, 6.45) is 6.81. The first-order valence-corrected chi connectivity index (χ1v) is 15.3. The number of carbonyl (C=O) groups excluding carboxylic acids is 1. The fourth-order valence-corrected chi connectivity index (χ4v) is 6.23. The maximum atomic E-state index is 13.2. The van der Waals surface area contributed by atoms with E-state index in [0.717, 1.165) is 59.8 Å². The van der Waals surface area contributed by atoms with E-state index in [-0.39, 0.29) is 36.2 Å². The lowest BCUT2D eigenvalue weighted by Gasteiger charge is -2.32. The van der Waals surface area contributed by atoms with E-state index >= 15 is 0 Å². The highest BCUT2D eigenvalue weighted by molar-refractivity contribution is 5.88. The van der Waals surface area contributed by atoms with Gasteiger partial charge in [-0.05, 0) is 62.5 Å². The van der Waals surface area contributed by atoms with Crippen molar-refractivity contribution in [1.82, 2.24) is 34.6 Å². The Morgan fingerprint density at radius 3 is 2.65 bits per heavy atom. The Hall–Kier alpha value is -3.96. The van der Waals surface area contributed by atoms with E-state index in [2.05, 4.69) is 75.2 Å². The number of aromatic nitrogens is 5. The molecule has 228 valence electrons. The summed E-state index contributed by atoms with van der Waals surface area (Å²) in [5.74, 6) is 2.28. The third-order valence-electron chi connectivity index (χ3n) is 8.59. The number of pyridine rings is 1. The van der Waals surface area contributed by atoms with Crippen LogP contribution in [-0.2, 0) is 12.0 Å². The lowest BCUT2D eigenvalue weighted by molar-refractivity contribution is 0.170. The van der Waals surface area contributed by atoms with E-state index in [1.54, 1.807) is 4.68 Å². The molecule has 1 aromatic carbocycles. The molecule has 11 heteroatoms. The van der Waals surface area contributed by atoms with Crippen LogP contribution in [0.2, 0.25) is 0 Å². The number of benzene rings is 1. The van der Waals surface area contributed by atoms with Crippen LogP contribution < -0.4 is 15.4 Å². The van der Waals surface area contributed by atoms with E-state index in [1.165, 1.54) is 12.8 Å². The number of piperidine rings is 1. The number of carbonyl (C=O) groups is 1. The number of ether oxygens (including phenoxy) is 1. The monoisotopic (exact) mass is 586 g/mol. The molecule has 1 unspecified atom stereocenters. The number of hydrogen-bond donors (Lipinski definition) is 3. The van der Waals surface area contributed by atoms with Gasteiger partial charge in [0.2, 0.25) is 0 Å². The van der Waals surface area contributed by atoms with Crippen LogP contribution in [0.25, 0.3) is 5.65 Å². The van der Waals surface area contributed by atoms with Crippen LogP contribution in [0, 0.1) is 0 Å². The number of fused-ring (bicyclic) bond motifs is 2. The smallest absolute Gasteiger partial charge is 0.320 e. The van der Waals surface area contributed by atoms with Crippen molar-refractivity contribution in [2.45, 2.75) is 83.0 Å². The van der Waals surface area contributed by atoms with Gasteiger partial charge >= 0.3 is 6.03 Å². The number of urea groups is 1. The Labute approximate surface area is 252 Å². The summed E-state index contributed by atoms with van der Waals surface area (Å²) >= 11 is 0. The van der Waals surface area contributed by atoms with Crippen LogP contribution in [0.1, 0.15) is 93.7 Å². The predicted molar refractivity (Wildman–Crippen MR) is 164 cm³/mol. The molecule has 43 heavy (non-hydrogen) atoms. The number of hydrogen-bond acceptors (Lipinski definition) is 7. The average molecular weight is 587 g/mol. The molecule has 1 saturated heterocycles. The normalized spacial score (nSPS) is 21.0. The van der Waals surface area contributed by atoms with Crippen LogP contribution in [0.5, 0.6) is 5.75 Å². The molecular weight excluding hydrogens is 544 g/mol. The van der Waals surface area contributed by atoms with Crippen molar-refractivity contribution in [3.05, 3.63) is 71.3 Å². The Morgan fingerprint density at radius 1 is 1.07 bits per heavy atom. The van der Waals surface area contributed by atoms with Gasteiger partial charge in [-0.1, -0.05) is 51.5 Å². The number of likely N-dealkylation sites (tertiary alicyclic amines) is 1. The first-order chi connectivity index (χ1) is 20.7. The molecule has 4 heterocycles. The van der Waals surface area contributed by atoms with Gasteiger partial charge in [0.25, 0.3) is 0 Å². The van der Waals surface area contributed by atoms with Crippen molar-refractivity contribution < 1.29 is 14.6 Å². The average Bonchev–Trinajstić information content (AvgIpc) is 3.59. The standard InChI is InChI=1S/C32H42N8O3/c1-32(2,3)27-19-29(40(37-27)17-18-41)34-31(42)33-24-13-14-26(23-10-6-5-9-22(23)24)43-21-12-15-28-35-36-30(39(28)20-21)25-11-7-8-16-38(25)4/h5-6,9-10,12,15,19-20,24-26,41H,7-8,11,13-14,16-18H2,1-4H3,(H2,33,34,42)/t24-,25?,26+/m0/s1. The third-order valence-corrected chi connectivity index (χ3v) is 8.59. The molecule has 0 saturated carbocycles. The minimum Gasteiger partial charge on any atom is -0.484 e. The van der Waals surface area contributed by atoms with Crippen LogP contribution in [0.4, 0.5) is 10.6 Å². The molecule has 6 rings (SSSR count). The number of nitrogens with zero attached hydrogens (tertiary/aromatic N) is 6. The van der Waals surface area contributed by atoms with Crippen molar-refractivity contribution in [3.63, 3.8) is 0 Å². The van der Waals surface area contributed by atoms with Crippen LogP contribution in [-0.4, -0.2) is 60.6 Å². The lowest BCUT2D eigenvalue weighted by Crippen LogP contribution is -2.36. The molecule has 4 aromatic rings. The van der Waals surface area contributed by atoms with Gasteiger partial charge < -0.3 is 15.2 Å².